The van der Waals surface area contributed by atoms with Crippen molar-refractivity contribution in [1.29, 1.82) is 0 Å². The fourth-order valence-corrected chi connectivity index (χ4v) is 3.27. The molecule has 1 aromatic rings. The molecule has 2 rings (SSSR count). The standard InChI is InChI=1S/C15H22BrNO2/c1-3-19-13-6-8-17(9-7-13)12-4-5-14(11(2)18)15(16)10-12/h4-5,10-11,13,18H,3,6-9H2,1-2H3/t11-/m0/s1. The van der Waals surface area contributed by atoms with Crippen LogP contribution in [0.25, 0.3) is 0 Å². The lowest BCUT2D eigenvalue weighted by Crippen LogP contribution is -2.37. The van der Waals surface area contributed by atoms with Crippen molar-refractivity contribution in [1.82, 2.24) is 0 Å². The van der Waals surface area contributed by atoms with Crippen LogP contribution in [-0.2, 0) is 4.74 Å². The van der Waals surface area contributed by atoms with E-state index in [4.69, 9.17) is 4.74 Å². The molecule has 1 saturated heterocycles. The highest BCUT2D eigenvalue weighted by Gasteiger charge is 2.20. The summed E-state index contributed by atoms with van der Waals surface area (Å²) < 4.78 is 6.65. The van der Waals surface area contributed by atoms with Crippen LogP contribution >= 0.6 is 15.9 Å². The molecule has 0 spiro atoms. The van der Waals surface area contributed by atoms with Crippen LogP contribution in [0.2, 0.25) is 0 Å². The molecular weight excluding hydrogens is 306 g/mol. The Hall–Kier alpha value is -0.580. The van der Waals surface area contributed by atoms with Gasteiger partial charge in [-0.1, -0.05) is 22.0 Å². The molecule has 1 heterocycles. The smallest absolute Gasteiger partial charge is 0.0772 e. The molecule has 0 aromatic heterocycles. The third kappa shape index (κ3) is 3.71. The maximum Gasteiger partial charge on any atom is 0.0772 e. The number of hydrogen-bond acceptors (Lipinski definition) is 3. The van der Waals surface area contributed by atoms with Crippen LogP contribution in [0, 0.1) is 0 Å². The van der Waals surface area contributed by atoms with Gasteiger partial charge in [0.05, 0.1) is 12.2 Å². The molecule has 1 aliphatic heterocycles. The Bertz CT molecular complexity index is 415. The second-order valence-electron chi connectivity index (χ2n) is 5.02. The summed E-state index contributed by atoms with van der Waals surface area (Å²) in [6.45, 7) is 6.71. The Morgan fingerprint density at radius 3 is 2.63 bits per heavy atom. The minimum absolute atomic E-state index is 0.418. The minimum atomic E-state index is -0.438. The molecule has 0 amide bonds. The van der Waals surface area contributed by atoms with Crippen LogP contribution < -0.4 is 4.90 Å². The molecule has 1 aliphatic rings. The Morgan fingerprint density at radius 1 is 1.42 bits per heavy atom. The molecule has 0 bridgehead atoms. The summed E-state index contributed by atoms with van der Waals surface area (Å²) in [6, 6.07) is 6.19. The Morgan fingerprint density at radius 2 is 2.11 bits per heavy atom. The van der Waals surface area contributed by atoms with Crippen LogP contribution in [0.3, 0.4) is 0 Å². The largest absolute Gasteiger partial charge is 0.389 e. The van der Waals surface area contributed by atoms with Gasteiger partial charge in [0, 0.05) is 29.9 Å². The molecule has 3 nitrogen and oxygen atoms in total. The summed E-state index contributed by atoms with van der Waals surface area (Å²) in [5.41, 5.74) is 2.15. The Labute approximate surface area is 123 Å². The van der Waals surface area contributed by atoms with Crippen LogP contribution in [-0.4, -0.2) is 30.9 Å². The third-order valence-corrected chi connectivity index (χ3v) is 4.33. The minimum Gasteiger partial charge on any atom is -0.389 e. The number of aliphatic hydroxyl groups excluding tert-OH is 1. The Kier molecular flexibility index (Phi) is 5.25. The van der Waals surface area contributed by atoms with E-state index < -0.39 is 6.10 Å². The van der Waals surface area contributed by atoms with E-state index in [2.05, 4.69) is 39.9 Å². The molecule has 0 aliphatic carbocycles. The van der Waals surface area contributed by atoms with E-state index in [0.717, 1.165) is 42.6 Å². The van der Waals surface area contributed by atoms with E-state index >= 15 is 0 Å². The number of benzene rings is 1. The normalized spacial score (nSPS) is 18.6. The average Bonchev–Trinajstić information content (AvgIpc) is 2.39. The molecule has 0 radical (unpaired) electrons. The fraction of sp³-hybridized carbons (Fsp3) is 0.600. The highest BCUT2D eigenvalue weighted by Crippen LogP contribution is 2.29. The monoisotopic (exact) mass is 327 g/mol. The SMILES string of the molecule is CCOC1CCN(c2ccc([C@H](C)O)c(Br)c2)CC1. The summed E-state index contributed by atoms with van der Waals surface area (Å²) in [7, 11) is 0. The predicted molar refractivity (Wildman–Crippen MR) is 81.6 cm³/mol. The summed E-state index contributed by atoms with van der Waals surface area (Å²) in [5.74, 6) is 0. The van der Waals surface area contributed by atoms with Crippen molar-refractivity contribution in [2.24, 2.45) is 0 Å². The number of hydrogen-bond donors (Lipinski definition) is 1. The van der Waals surface area contributed by atoms with Crippen molar-refractivity contribution in [3.63, 3.8) is 0 Å². The van der Waals surface area contributed by atoms with Crippen molar-refractivity contribution in [2.45, 2.75) is 38.9 Å². The van der Waals surface area contributed by atoms with Crippen LogP contribution in [0.15, 0.2) is 22.7 Å². The molecule has 0 unspecified atom stereocenters. The molecule has 19 heavy (non-hydrogen) atoms. The third-order valence-electron chi connectivity index (χ3n) is 3.64. The molecule has 1 N–H and O–H groups in total. The number of ether oxygens (including phenoxy) is 1. The average molecular weight is 328 g/mol. The van der Waals surface area contributed by atoms with Gasteiger partial charge in [-0.05, 0) is 44.4 Å². The van der Waals surface area contributed by atoms with Crippen LogP contribution in [0.5, 0.6) is 0 Å². The van der Waals surface area contributed by atoms with Crippen LogP contribution in [0.1, 0.15) is 38.4 Å². The summed E-state index contributed by atoms with van der Waals surface area (Å²) in [4.78, 5) is 2.38. The number of halogens is 1. The van der Waals surface area contributed by atoms with E-state index in [1.54, 1.807) is 6.92 Å². The van der Waals surface area contributed by atoms with Gasteiger partial charge in [0.1, 0.15) is 0 Å². The first kappa shape index (κ1) is 14.8. The highest BCUT2D eigenvalue weighted by atomic mass is 79.9. The van der Waals surface area contributed by atoms with E-state index in [-0.39, 0.29) is 0 Å². The molecule has 1 fully saturated rings. The van der Waals surface area contributed by atoms with Gasteiger partial charge < -0.3 is 14.7 Å². The molecule has 1 atom stereocenters. The van der Waals surface area contributed by atoms with Crippen molar-refractivity contribution in [3.8, 4) is 0 Å². The summed E-state index contributed by atoms with van der Waals surface area (Å²) >= 11 is 3.54. The zero-order valence-corrected chi connectivity index (χ0v) is 13.2. The lowest BCUT2D eigenvalue weighted by molar-refractivity contribution is 0.0459. The van der Waals surface area contributed by atoms with Gasteiger partial charge in [-0.15, -0.1) is 0 Å². The van der Waals surface area contributed by atoms with Crippen molar-refractivity contribution in [2.75, 3.05) is 24.6 Å². The highest BCUT2D eigenvalue weighted by molar-refractivity contribution is 9.10. The van der Waals surface area contributed by atoms with Gasteiger partial charge in [-0.25, -0.2) is 0 Å². The quantitative estimate of drug-likeness (QED) is 0.918. The van der Waals surface area contributed by atoms with E-state index in [1.165, 1.54) is 5.69 Å². The fourth-order valence-electron chi connectivity index (χ4n) is 2.57. The number of piperidine rings is 1. The first-order valence-electron chi connectivity index (χ1n) is 6.96. The van der Waals surface area contributed by atoms with Gasteiger partial charge in [0.25, 0.3) is 0 Å². The lowest BCUT2D eigenvalue weighted by atomic mass is 10.1. The maximum absolute atomic E-state index is 9.64. The summed E-state index contributed by atoms with van der Waals surface area (Å²) in [6.07, 6.45) is 2.15. The zero-order valence-electron chi connectivity index (χ0n) is 11.6. The second kappa shape index (κ2) is 6.73. The molecular formula is C15H22BrNO2. The van der Waals surface area contributed by atoms with E-state index in [9.17, 15) is 5.11 Å². The second-order valence-corrected chi connectivity index (χ2v) is 5.88. The predicted octanol–water partition coefficient (Wildman–Crippen LogP) is 3.51. The number of aliphatic hydroxyl groups is 1. The van der Waals surface area contributed by atoms with Crippen molar-refractivity contribution >= 4 is 21.6 Å². The number of anilines is 1. The first-order valence-corrected chi connectivity index (χ1v) is 7.75. The van der Waals surface area contributed by atoms with Gasteiger partial charge in [0.15, 0.2) is 0 Å². The van der Waals surface area contributed by atoms with Gasteiger partial charge in [-0.2, -0.15) is 0 Å². The molecule has 0 saturated carbocycles. The van der Waals surface area contributed by atoms with Crippen molar-refractivity contribution in [3.05, 3.63) is 28.2 Å². The topological polar surface area (TPSA) is 32.7 Å². The van der Waals surface area contributed by atoms with Gasteiger partial charge in [0.2, 0.25) is 0 Å². The molecule has 106 valence electrons. The molecule has 1 aromatic carbocycles. The molecule has 4 heteroatoms. The maximum atomic E-state index is 9.64. The summed E-state index contributed by atoms with van der Waals surface area (Å²) in [5, 5.41) is 9.64. The van der Waals surface area contributed by atoms with Gasteiger partial charge in [-0.3, -0.25) is 0 Å². The van der Waals surface area contributed by atoms with E-state index in [0.29, 0.717) is 6.10 Å². The van der Waals surface area contributed by atoms with Gasteiger partial charge >= 0.3 is 0 Å². The number of nitrogens with zero attached hydrogens (tertiary/aromatic N) is 1. The van der Waals surface area contributed by atoms with E-state index in [1.807, 2.05) is 6.07 Å². The Balaban J connectivity index is 2.02. The number of rotatable bonds is 4. The van der Waals surface area contributed by atoms with Crippen molar-refractivity contribution < 1.29 is 9.84 Å². The lowest BCUT2D eigenvalue weighted by Gasteiger charge is -2.33. The first-order chi connectivity index (χ1) is 9.11. The zero-order chi connectivity index (χ0) is 13.8. The van der Waals surface area contributed by atoms with Crippen LogP contribution in [0.4, 0.5) is 5.69 Å².